The molecule has 2 heterocycles. The fraction of sp³-hybridized carbons (Fsp3) is 0. The first-order valence-electron chi connectivity index (χ1n) is 15.9. The molecule has 4 heteroatoms. The van der Waals surface area contributed by atoms with Gasteiger partial charge in [-0.3, -0.25) is 0 Å². The number of nitriles is 2. The molecule has 0 amide bonds. The molecule has 48 heavy (non-hydrogen) atoms. The minimum Gasteiger partial charge on any atom is -0.309 e. The summed E-state index contributed by atoms with van der Waals surface area (Å²) in [6, 6.07) is 58.9. The summed E-state index contributed by atoms with van der Waals surface area (Å²) in [6.07, 6.45) is 0. The molecular formula is C44H26N4. The quantitative estimate of drug-likeness (QED) is 0.199. The molecule has 0 fully saturated rings. The smallest absolute Gasteiger partial charge is 0.100 e. The molecule has 0 aliphatic carbocycles. The van der Waals surface area contributed by atoms with Crippen molar-refractivity contribution in [2.24, 2.45) is 0 Å². The Hall–Kier alpha value is -6.88. The van der Waals surface area contributed by atoms with Gasteiger partial charge in [0.05, 0.1) is 45.0 Å². The number of para-hydroxylation sites is 4. The van der Waals surface area contributed by atoms with Gasteiger partial charge in [0.15, 0.2) is 0 Å². The van der Waals surface area contributed by atoms with Gasteiger partial charge in [0.1, 0.15) is 6.07 Å². The third kappa shape index (κ3) is 4.07. The number of fused-ring (bicyclic) bond motifs is 6. The highest BCUT2D eigenvalue weighted by Gasteiger charge is 2.19. The summed E-state index contributed by atoms with van der Waals surface area (Å²) >= 11 is 0. The van der Waals surface area contributed by atoms with Crippen LogP contribution in [0.1, 0.15) is 11.1 Å². The lowest BCUT2D eigenvalue weighted by Gasteiger charge is -2.16. The molecule has 0 aliphatic rings. The number of nitrogens with zero attached hydrogens (tertiary/aromatic N) is 4. The molecule has 0 N–H and O–H groups in total. The molecule has 0 spiro atoms. The van der Waals surface area contributed by atoms with Gasteiger partial charge in [-0.2, -0.15) is 10.5 Å². The van der Waals surface area contributed by atoms with Gasteiger partial charge in [-0.15, -0.1) is 0 Å². The van der Waals surface area contributed by atoms with Gasteiger partial charge in [-0.1, -0.05) is 103 Å². The van der Waals surface area contributed by atoms with Crippen molar-refractivity contribution in [1.82, 2.24) is 9.13 Å². The van der Waals surface area contributed by atoms with Crippen molar-refractivity contribution >= 4 is 43.6 Å². The van der Waals surface area contributed by atoms with Crippen LogP contribution in [0.25, 0.3) is 77.2 Å². The van der Waals surface area contributed by atoms with E-state index < -0.39 is 0 Å². The molecule has 0 radical (unpaired) electrons. The fourth-order valence-electron chi connectivity index (χ4n) is 7.33. The van der Waals surface area contributed by atoms with Crippen LogP contribution in [0.5, 0.6) is 0 Å². The van der Waals surface area contributed by atoms with E-state index in [1.807, 2.05) is 48.5 Å². The van der Waals surface area contributed by atoms with Crippen molar-refractivity contribution in [2.45, 2.75) is 0 Å². The van der Waals surface area contributed by atoms with E-state index in [0.717, 1.165) is 66.5 Å². The summed E-state index contributed by atoms with van der Waals surface area (Å²) in [6.45, 7) is 0. The van der Waals surface area contributed by atoms with Gasteiger partial charge in [0.25, 0.3) is 0 Å². The zero-order valence-electron chi connectivity index (χ0n) is 25.8. The van der Waals surface area contributed by atoms with E-state index in [0.29, 0.717) is 11.1 Å². The Bertz CT molecular complexity index is 2750. The number of benzene rings is 7. The molecule has 0 atom stereocenters. The Kier molecular flexibility index (Phi) is 6.22. The lowest BCUT2D eigenvalue weighted by Crippen LogP contribution is -1.99. The van der Waals surface area contributed by atoms with E-state index in [-0.39, 0.29) is 0 Å². The van der Waals surface area contributed by atoms with Gasteiger partial charge in [0, 0.05) is 43.9 Å². The maximum atomic E-state index is 10.7. The lowest BCUT2D eigenvalue weighted by molar-refractivity contribution is 1.18. The molecule has 4 nitrogen and oxygen atoms in total. The van der Waals surface area contributed by atoms with Crippen LogP contribution in [0.4, 0.5) is 0 Å². The third-order valence-corrected chi connectivity index (χ3v) is 9.43. The third-order valence-electron chi connectivity index (χ3n) is 9.43. The molecule has 9 aromatic rings. The van der Waals surface area contributed by atoms with Crippen molar-refractivity contribution in [1.29, 1.82) is 10.5 Å². The van der Waals surface area contributed by atoms with E-state index in [1.54, 1.807) is 0 Å². The second-order valence-corrected chi connectivity index (χ2v) is 12.0. The van der Waals surface area contributed by atoms with Crippen LogP contribution in [0.2, 0.25) is 0 Å². The molecule has 7 aromatic carbocycles. The van der Waals surface area contributed by atoms with Crippen molar-refractivity contribution < 1.29 is 0 Å². The zero-order valence-corrected chi connectivity index (χ0v) is 25.8. The summed E-state index contributed by atoms with van der Waals surface area (Å²) in [5.74, 6) is 0. The topological polar surface area (TPSA) is 57.4 Å². The van der Waals surface area contributed by atoms with Gasteiger partial charge in [-0.05, 0) is 60.2 Å². The first-order valence-corrected chi connectivity index (χ1v) is 15.9. The predicted octanol–water partition coefficient (Wildman–Crippen LogP) is 11.0. The second-order valence-electron chi connectivity index (χ2n) is 12.0. The zero-order chi connectivity index (χ0) is 32.2. The fourth-order valence-corrected chi connectivity index (χ4v) is 7.33. The minimum atomic E-state index is 0.638. The number of hydrogen-bond acceptors (Lipinski definition) is 2. The SMILES string of the molecule is N#Cc1ccc2c(c1)c1ccccc1n2-c1ccc(-c2cccc(-c3ccccc3-n3c4ccccc4c4ccccc43)c2C#N)cc1. The van der Waals surface area contributed by atoms with Crippen LogP contribution in [0, 0.1) is 22.7 Å². The van der Waals surface area contributed by atoms with Crippen LogP contribution in [0.15, 0.2) is 158 Å². The Morgan fingerprint density at radius 2 is 0.938 bits per heavy atom. The van der Waals surface area contributed by atoms with Crippen molar-refractivity contribution in [2.75, 3.05) is 0 Å². The van der Waals surface area contributed by atoms with Gasteiger partial charge < -0.3 is 9.13 Å². The standard InChI is InChI=1S/C44H26N4/c45-27-29-20-25-44-38(26-29)37-13-4-5-16-40(37)47(44)31-23-21-30(22-24-31)32-14-9-15-33(39(32)28-46)34-10-1-6-17-41(34)48-42-18-7-2-11-35(42)36-12-3-8-19-43(36)48/h1-26H. The average Bonchev–Trinajstić information content (AvgIpc) is 3.67. The van der Waals surface area contributed by atoms with E-state index in [2.05, 4.69) is 130 Å². The first kappa shape index (κ1) is 27.4. The van der Waals surface area contributed by atoms with Crippen LogP contribution in [0.3, 0.4) is 0 Å². The predicted molar refractivity (Wildman–Crippen MR) is 195 cm³/mol. The van der Waals surface area contributed by atoms with Crippen LogP contribution < -0.4 is 0 Å². The lowest BCUT2D eigenvalue weighted by atomic mass is 9.91. The molecule has 0 bridgehead atoms. The Morgan fingerprint density at radius 1 is 0.396 bits per heavy atom. The molecule has 222 valence electrons. The maximum Gasteiger partial charge on any atom is 0.100 e. The molecule has 0 unspecified atom stereocenters. The largest absolute Gasteiger partial charge is 0.309 e. The minimum absolute atomic E-state index is 0.638. The van der Waals surface area contributed by atoms with Gasteiger partial charge >= 0.3 is 0 Å². The summed E-state index contributed by atoms with van der Waals surface area (Å²) < 4.78 is 4.55. The Labute approximate surface area is 277 Å². The number of rotatable bonds is 4. The van der Waals surface area contributed by atoms with Gasteiger partial charge in [-0.25, -0.2) is 0 Å². The Balaban J connectivity index is 1.19. The molecule has 9 rings (SSSR count). The van der Waals surface area contributed by atoms with E-state index in [1.165, 1.54) is 10.8 Å². The summed E-state index contributed by atoms with van der Waals surface area (Å²) in [4.78, 5) is 0. The average molecular weight is 611 g/mol. The highest BCUT2D eigenvalue weighted by atomic mass is 15.0. The molecule has 0 aliphatic heterocycles. The van der Waals surface area contributed by atoms with E-state index in [4.69, 9.17) is 0 Å². The maximum absolute atomic E-state index is 10.7. The van der Waals surface area contributed by atoms with Crippen LogP contribution >= 0.6 is 0 Å². The summed E-state index contributed by atoms with van der Waals surface area (Å²) in [5, 5.41) is 24.8. The Morgan fingerprint density at radius 3 is 1.60 bits per heavy atom. The first-order chi connectivity index (χ1) is 23.7. The summed E-state index contributed by atoms with van der Waals surface area (Å²) in [7, 11) is 0. The monoisotopic (exact) mass is 610 g/mol. The highest BCUT2D eigenvalue weighted by molar-refractivity contribution is 6.11. The van der Waals surface area contributed by atoms with Gasteiger partial charge in [0.2, 0.25) is 0 Å². The molecule has 0 saturated carbocycles. The van der Waals surface area contributed by atoms with E-state index >= 15 is 0 Å². The number of aromatic nitrogens is 2. The molecular weight excluding hydrogens is 585 g/mol. The van der Waals surface area contributed by atoms with Crippen molar-refractivity contribution in [3.63, 3.8) is 0 Å². The van der Waals surface area contributed by atoms with Crippen LogP contribution in [-0.4, -0.2) is 9.13 Å². The van der Waals surface area contributed by atoms with Crippen LogP contribution in [-0.2, 0) is 0 Å². The molecule has 0 saturated heterocycles. The second kappa shape index (κ2) is 10.9. The molecule has 2 aromatic heterocycles. The summed E-state index contributed by atoms with van der Waals surface area (Å²) in [5.41, 5.74) is 11.5. The highest BCUT2D eigenvalue weighted by Crippen LogP contribution is 2.39. The number of hydrogen-bond donors (Lipinski definition) is 0. The van der Waals surface area contributed by atoms with Crippen molar-refractivity contribution in [3.8, 4) is 45.8 Å². The normalized spacial score (nSPS) is 11.3. The van der Waals surface area contributed by atoms with Crippen molar-refractivity contribution in [3.05, 3.63) is 169 Å². The van der Waals surface area contributed by atoms with E-state index in [9.17, 15) is 10.5 Å².